The summed E-state index contributed by atoms with van der Waals surface area (Å²) in [6.45, 7) is 7.63. The van der Waals surface area contributed by atoms with Crippen LogP contribution in [0.2, 0.25) is 0 Å². The van der Waals surface area contributed by atoms with Gasteiger partial charge >= 0.3 is 0 Å². The Kier molecular flexibility index (Phi) is 20.9. The van der Waals surface area contributed by atoms with E-state index in [2.05, 4.69) is 147 Å². The van der Waals surface area contributed by atoms with Crippen LogP contribution in [0.4, 0.5) is 0 Å². The van der Waals surface area contributed by atoms with Crippen LogP contribution in [0, 0.1) is 0 Å². The highest BCUT2D eigenvalue weighted by atomic mass is 35.5. The Labute approximate surface area is 395 Å². The predicted octanol–water partition coefficient (Wildman–Crippen LogP) is 17.8. The van der Waals surface area contributed by atoms with E-state index < -0.39 is 0 Å². The molecule has 318 valence electrons. The summed E-state index contributed by atoms with van der Waals surface area (Å²) < 4.78 is 0. The van der Waals surface area contributed by atoms with Crippen LogP contribution in [0.3, 0.4) is 0 Å². The Balaban J connectivity index is 0.000000294. The van der Waals surface area contributed by atoms with Crippen molar-refractivity contribution in [3.63, 3.8) is 0 Å². The van der Waals surface area contributed by atoms with Crippen molar-refractivity contribution in [3.8, 4) is 0 Å². The maximum atomic E-state index is 7.00. The molecule has 0 saturated heterocycles. The first-order valence-corrected chi connectivity index (χ1v) is 24.0. The van der Waals surface area contributed by atoms with Crippen LogP contribution in [0.1, 0.15) is 114 Å². The second-order valence-electron chi connectivity index (χ2n) is 15.5. The van der Waals surface area contributed by atoms with Gasteiger partial charge in [0.05, 0.1) is 16.1 Å². The maximum absolute atomic E-state index is 7.00. The summed E-state index contributed by atoms with van der Waals surface area (Å²) >= 11 is 37.9. The first kappa shape index (κ1) is 48.6. The lowest BCUT2D eigenvalue weighted by Crippen LogP contribution is -2.06. The van der Waals surface area contributed by atoms with Gasteiger partial charge in [-0.1, -0.05) is 171 Å². The third-order valence-corrected chi connectivity index (χ3v) is 13.4. The quantitative estimate of drug-likeness (QED) is 0.0631. The molecule has 61 heavy (non-hydrogen) atoms. The normalized spacial score (nSPS) is 13.0. The molecule has 0 fully saturated rings. The topological polar surface area (TPSA) is 0 Å². The van der Waals surface area contributed by atoms with Crippen molar-refractivity contribution in [2.75, 3.05) is 5.88 Å². The molecular weight excluding hydrogens is 873 g/mol. The molecule has 6 aromatic carbocycles. The molecule has 0 aliphatic rings. The lowest BCUT2D eigenvalue weighted by atomic mass is 9.86. The Hall–Kier alpha value is -3.46. The van der Waals surface area contributed by atoms with Crippen molar-refractivity contribution in [2.45, 2.75) is 85.2 Å². The molecule has 0 aliphatic carbocycles. The molecule has 0 aromatic heterocycles. The van der Waals surface area contributed by atoms with E-state index >= 15 is 0 Å². The van der Waals surface area contributed by atoms with Crippen LogP contribution < -0.4 is 0 Å². The lowest BCUT2D eigenvalue weighted by molar-refractivity contribution is 0.567. The van der Waals surface area contributed by atoms with Crippen LogP contribution in [0.5, 0.6) is 0 Å². The fraction of sp³-hybridized carbons (Fsp3) is 0.273. The molecule has 6 rings (SSSR count). The Morgan fingerprint density at radius 1 is 0.361 bits per heavy atom. The number of aryl methyl sites for hydroxylation is 4. The van der Waals surface area contributed by atoms with Crippen LogP contribution >= 0.6 is 69.6 Å². The van der Waals surface area contributed by atoms with Gasteiger partial charge in [0.25, 0.3) is 0 Å². The summed E-state index contributed by atoms with van der Waals surface area (Å²) in [6, 6.07) is 51.3. The summed E-state index contributed by atoms with van der Waals surface area (Å²) in [4.78, 5) is 0. The molecule has 0 saturated carbocycles. The van der Waals surface area contributed by atoms with Crippen molar-refractivity contribution in [1.29, 1.82) is 0 Å². The first-order valence-electron chi connectivity index (χ1n) is 21.1. The fourth-order valence-corrected chi connectivity index (χ4v) is 8.74. The van der Waals surface area contributed by atoms with Crippen molar-refractivity contribution < 1.29 is 0 Å². The summed E-state index contributed by atoms with van der Waals surface area (Å²) in [7, 11) is 0. The maximum Gasteiger partial charge on any atom is 0.0591 e. The van der Waals surface area contributed by atoms with Crippen molar-refractivity contribution in [3.05, 3.63) is 226 Å². The van der Waals surface area contributed by atoms with E-state index in [0.29, 0.717) is 23.6 Å². The third-order valence-electron chi connectivity index (χ3n) is 11.2. The van der Waals surface area contributed by atoms with E-state index in [0.717, 1.165) is 90.3 Å². The van der Waals surface area contributed by atoms with Crippen LogP contribution in [0.25, 0.3) is 12.2 Å². The number of halogens is 6. The van der Waals surface area contributed by atoms with Gasteiger partial charge in [-0.05, 0) is 124 Å². The van der Waals surface area contributed by atoms with E-state index in [4.69, 9.17) is 69.6 Å². The molecule has 4 atom stereocenters. The number of hydrogen-bond donors (Lipinski definition) is 0. The molecule has 6 heteroatoms. The fourth-order valence-electron chi connectivity index (χ4n) is 7.30. The smallest absolute Gasteiger partial charge is 0.0591 e. The summed E-state index contributed by atoms with van der Waals surface area (Å²) in [5.41, 5.74) is 14.5. The van der Waals surface area contributed by atoms with Gasteiger partial charge in [0.15, 0.2) is 0 Å². The first-order chi connectivity index (χ1) is 29.7. The Morgan fingerprint density at radius 2 is 0.672 bits per heavy atom. The van der Waals surface area contributed by atoms with E-state index in [1.165, 1.54) is 27.8 Å². The monoisotopic (exact) mass is 926 g/mol. The minimum absolute atomic E-state index is 0.0119. The number of hydrogen-bond acceptors (Lipinski definition) is 0. The standard InChI is InChI=1S/C37H38Cl4.C18H18Cl2/c1-2-27-3-5-28(6-4-27)11-21-35(25-37(41)34-19-12-31(26-39)13-20-34)32-15-7-29(8-16-32)14-22-36(40)33-17-9-30(10-18-33)23-24-38;1-2-14-3-5-15(6-4-14)9-12-18(20)17-10-7-16(13-19)8-11-17/h2-10,12-13,15-20,35-37H,1,11,14,21-26H2;2-8,10-11,18H,1,9,12-13H2. The van der Waals surface area contributed by atoms with Gasteiger partial charge in [0, 0.05) is 17.6 Å². The third kappa shape index (κ3) is 16.0. The summed E-state index contributed by atoms with van der Waals surface area (Å²) in [5, 5.41) is -0.0411. The van der Waals surface area contributed by atoms with E-state index in [1.54, 1.807) is 0 Å². The van der Waals surface area contributed by atoms with Gasteiger partial charge in [-0.25, -0.2) is 0 Å². The Bertz CT molecular complexity index is 2160. The predicted molar refractivity (Wildman–Crippen MR) is 270 cm³/mol. The van der Waals surface area contributed by atoms with Crippen molar-refractivity contribution in [1.82, 2.24) is 0 Å². The van der Waals surface area contributed by atoms with Gasteiger partial charge in [0.1, 0.15) is 0 Å². The molecule has 4 unspecified atom stereocenters. The van der Waals surface area contributed by atoms with Crippen LogP contribution in [0.15, 0.2) is 159 Å². The number of alkyl halides is 6. The van der Waals surface area contributed by atoms with E-state index in [9.17, 15) is 0 Å². The number of benzene rings is 6. The zero-order valence-corrected chi connectivity index (χ0v) is 39.3. The molecule has 0 radical (unpaired) electrons. The molecule has 0 aliphatic heterocycles. The van der Waals surface area contributed by atoms with Crippen molar-refractivity contribution in [2.24, 2.45) is 0 Å². The van der Waals surface area contributed by atoms with E-state index in [-0.39, 0.29) is 16.1 Å². The average Bonchev–Trinajstić information content (AvgIpc) is 3.32. The van der Waals surface area contributed by atoms with Crippen molar-refractivity contribution >= 4 is 81.8 Å². The molecule has 0 nitrogen and oxygen atoms in total. The van der Waals surface area contributed by atoms with Crippen LogP contribution in [-0.4, -0.2) is 5.88 Å². The zero-order valence-electron chi connectivity index (χ0n) is 34.8. The highest BCUT2D eigenvalue weighted by molar-refractivity contribution is 6.21. The lowest BCUT2D eigenvalue weighted by Gasteiger charge is -2.22. The van der Waals surface area contributed by atoms with E-state index in [1.807, 2.05) is 24.3 Å². The largest absolute Gasteiger partial charge is 0.126 e. The highest BCUT2D eigenvalue weighted by Crippen LogP contribution is 2.37. The minimum Gasteiger partial charge on any atom is -0.126 e. The molecule has 0 spiro atoms. The van der Waals surface area contributed by atoms with Gasteiger partial charge in [-0.2, -0.15) is 0 Å². The van der Waals surface area contributed by atoms with Gasteiger partial charge in [-0.15, -0.1) is 69.6 Å². The minimum atomic E-state index is -0.0694. The summed E-state index contributed by atoms with van der Waals surface area (Å²) in [6.07, 6.45) is 11.2. The Morgan fingerprint density at radius 3 is 1.03 bits per heavy atom. The molecule has 0 heterocycles. The highest BCUT2D eigenvalue weighted by Gasteiger charge is 2.19. The zero-order chi connectivity index (χ0) is 43.4. The second kappa shape index (κ2) is 26.2. The summed E-state index contributed by atoms with van der Waals surface area (Å²) in [5.74, 6) is 2.03. The molecule has 0 amide bonds. The molecule has 0 N–H and O–H groups in total. The molecular formula is C55H56Cl6. The average molecular weight is 930 g/mol. The SMILES string of the molecule is C=Cc1ccc(CCC(CC(Cl)c2ccc(CCl)cc2)c2ccc(CCC(Cl)c3ccc(CCCl)cc3)cc2)cc1.C=Cc1ccc(CCC(Cl)c2ccc(CCl)cc2)cc1. The van der Waals surface area contributed by atoms with Gasteiger partial charge in [-0.3, -0.25) is 0 Å². The molecule has 0 bridgehead atoms. The number of rotatable bonds is 21. The van der Waals surface area contributed by atoms with Gasteiger partial charge in [0.2, 0.25) is 0 Å². The van der Waals surface area contributed by atoms with Crippen LogP contribution in [-0.2, 0) is 37.4 Å². The second-order valence-corrected chi connectivity index (χ2v) is 18.0. The van der Waals surface area contributed by atoms with Gasteiger partial charge < -0.3 is 0 Å². The molecule has 6 aromatic rings.